The van der Waals surface area contributed by atoms with Gasteiger partial charge in [0.1, 0.15) is 0 Å². The Labute approximate surface area is 251 Å². The van der Waals surface area contributed by atoms with Gasteiger partial charge in [0.05, 0.1) is 41.5 Å². The highest BCUT2D eigenvalue weighted by molar-refractivity contribution is 6.18. The maximum Gasteiger partial charge on any atom is 0.416 e. The molecule has 0 saturated carbocycles. The van der Waals surface area contributed by atoms with Gasteiger partial charge in [-0.2, -0.15) is 30.9 Å². The second-order valence-electron chi connectivity index (χ2n) is 10.4. The van der Waals surface area contributed by atoms with Crippen LogP contribution in [0.2, 0.25) is 0 Å². The Balaban J connectivity index is 0.00000329. The van der Waals surface area contributed by atoms with Crippen molar-refractivity contribution >= 4 is 32.4 Å². The molecule has 43 heavy (non-hydrogen) atoms. The van der Waals surface area contributed by atoms with E-state index in [1.54, 1.807) is 6.07 Å². The van der Waals surface area contributed by atoms with E-state index in [2.05, 4.69) is 4.57 Å². The number of aromatic nitrogens is 1. The number of pyridine rings is 1. The molecule has 1 aromatic heterocycles. The van der Waals surface area contributed by atoms with Gasteiger partial charge in [-0.3, -0.25) is 0 Å². The molecule has 0 spiro atoms. The lowest BCUT2D eigenvalue weighted by atomic mass is 9.87. The minimum Gasteiger partial charge on any atom is -1.00 e. The van der Waals surface area contributed by atoms with E-state index in [9.17, 15) is 26.3 Å². The molecule has 0 radical (unpaired) electrons. The summed E-state index contributed by atoms with van der Waals surface area (Å²) in [7, 11) is 3.07. The average molecular weight is 666 g/mol. The Kier molecular flexibility index (Phi) is 6.83. The van der Waals surface area contributed by atoms with Crippen LogP contribution in [0, 0.1) is 0 Å². The lowest BCUT2D eigenvalue weighted by molar-refractivity contribution is -0.670. The number of hydrogen-bond acceptors (Lipinski definition) is 4. The van der Waals surface area contributed by atoms with E-state index < -0.39 is 23.5 Å². The van der Waals surface area contributed by atoms with Gasteiger partial charge in [-0.25, -0.2) is 0 Å². The van der Waals surface area contributed by atoms with E-state index in [-0.39, 0.29) is 41.8 Å². The predicted octanol–water partition coefficient (Wildman–Crippen LogP) is 4.37. The molecule has 2 aliphatic rings. The van der Waals surface area contributed by atoms with Crippen molar-refractivity contribution in [2.45, 2.75) is 31.7 Å². The molecule has 12 heteroatoms. The lowest BCUT2D eigenvalue weighted by Crippen LogP contribution is -3.00. The average Bonchev–Trinajstić information content (AvgIpc) is 3.42. The molecule has 4 aromatic carbocycles. The molecule has 0 aliphatic carbocycles. The number of methoxy groups -OCH3 is 2. The van der Waals surface area contributed by atoms with Gasteiger partial charge in [-0.15, -0.1) is 0 Å². The summed E-state index contributed by atoms with van der Waals surface area (Å²) in [6.07, 6.45) is -7.50. The summed E-state index contributed by atoms with van der Waals surface area (Å²) >= 11 is 0. The second-order valence-corrected chi connectivity index (χ2v) is 10.4. The van der Waals surface area contributed by atoms with Crippen LogP contribution in [0.3, 0.4) is 0 Å². The molecule has 0 atom stereocenters. The van der Waals surface area contributed by atoms with Crippen molar-refractivity contribution in [1.82, 2.24) is 0 Å². The number of benzene rings is 4. The van der Waals surface area contributed by atoms with Crippen LogP contribution < -0.4 is 40.5 Å². The van der Waals surface area contributed by atoms with Crippen LogP contribution in [0.25, 0.3) is 32.4 Å². The summed E-state index contributed by atoms with van der Waals surface area (Å²) in [4.78, 5) is 0. The molecule has 0 saturated heterocycles. The van der Waals surface area contributed by atoms with Gasteiger partial charge in [-0.1, -0.05) is 0 Å². The summed E-state index contributed by atoms with van der Waals surface area (Å²) in [5, 5.41) is 3.79. The van der Waals surface area contributed by atoms with Crippen LogP contribution in [0.1, 0.15) is 27.8 Å². The Morgan fingerprint density at radius 2 is 1.53 bits per heavy atom. The van der Waals surface area contributed by atoms with Gasteiger partial charge in [-0.05, 0) is 65.6 Å². The zero-order chi connectivity index (χ0) is 29.6. The Morgan fingerprint density at radius 1 is 0.814 bits per heavy atom. The van der Waals surface area contributed by atoms with E-state index in [1.165, 1.54) is 14.2 Å². The molecule has 0 N–H and O–H groups in total. The summed E-state index contributed by atoms with van der Waals surface area (Å²) in [6, 6.07) is 9.06. The molecular formula is C31H22BrF6NO4. The smallest absolute Gasteiger partial charge is 0.416 e. The van der Waals surface area contributed by atoms with E-state index in [1.807, 2.05) is 24.4 Å². The fourth-order valence-electron chi connectivity index (χ4n) is 6.25. The van der Waals surface area contributed by atoms with Gasteiger partial charge < -0.3 is 35.9 Å². The van der Waals surface area contributed by atoms with Gasteiger partial charge in [0.25, 0.3) is 0 Å². The van der Waals surface area contributed by atoms with Crippen LogP contribution in [-0.4, -0.2) is 21.0 Å². The van der Waals surface area contributed by atoms with E-state index in [0.717, 1.165) is 44.8 Å². The molecule has 224 valence electrons. The van der Waals surface area contributed by atoms with Crippen LogP contribution in [0.4, 0.5) is 26.3 Å². The van der Waals surface area contributed by atoms with Crippen LogP contribution in [0.5, 0.6) is 23.0 Å². The van der Waals surface area contributed by atoms with Crippen molar-refractivity contribution in [1.29, 1.82) is 0 Å². The largest absolute Gasteiger partial charge is 1.00 e. The highest BCUT2D eigenvalue weighted by Crippen LogP contribution is 2.48. The zero-order valence-corrected chi connectivity index (χ0v) is 24.3. The normalized spacial score (nSPS) is 14.0. The molecule has 0 unspecified atom stereocenters. The fraction of sp³-hybridized carbons (Fsp3) is 0.258. The minimum absolute atomic E-state index is 0. The Morgan fingerprint density at radius 3 is 2.19 bits per heavy atom. The third kappa shape index (κ3) is 4.57. The molecule has 0 fully saturated rings. The van der Waals surface area contributed by atoms with Gasteiger partial charge in [0, 0.05) is 17.2 Å². The quantitative estimate of drug-likeness (QED) is 0.163. The number of alkyl halides is 6. The SMILES string of the molecule is COc1ccc2c(c[n+]3c4c2cc(Cc2cc(C(F)(F)F)cc(C(F)(F)F)c2)c2c5c(cc(c24)CC3)OCO5)c1OC.[Br-]. The first-order valence-electron chi connectivity index (χ1n) is 13.0. The van der Waals surface area contributed by atoms with Crippen molar-refractivity contribution in [3.05, 3.63) is 76.5 Å². The van der Waals surface area contributed by atoms with E-state index in [4.69, 9.17) is 18.9 Å². The van der Waals surface area contributed by atoms with Crippen molar-refractivity contribution in [2.75, 3.05) is 21.0 Å². The number of fused-ring (bicyclic) bond motifs is 4. The standard InChI is InChI=1S/C31H22F6NO4.BrH/c1-39-23-4-3-20-21-10-17(7-15-8-18(30(32,33)34)12-19(9-15)31(35,36)37)26-25-16(11-24-29(26)42-14-41-24)5-6-38(27(21)25)13-22(20)28(23)40-2;/h3-4,8-13H,5-7,14H2,1-2H3;1H/q+1;/p-1. The predicted molar refractivity (Wildman–Crippen MR) is 141 cm³/mol. The lowest BCUT2D eigenvalue weighted by Gasteiger charge is -2.20. The van der Waals surface area contributed by atoms with Crippen LogP contribution >= 0.6 is 0 Å². The summed E-state index contributed by atoms with van der Waals surface area (Å²) in [5.41, 5.74) is -0.480. The third-order valence-corrected chi connectivity index (χ3v) is 7.99. The highest BCUT2D eigenvalue weighted by atomic mass is 79.9. The molecule has 7 rings (SSSR count). The number of hydrogen-bond donors (Lipinski definition) is 0. The summed E-state index contributed by atoms with van der Waals surface area (Å²) in [5.74, 6) is 1.97. The Hall–Kier alpha value is -3.93. The maximum atomic E-state index is 13.7. The first-order valence-corrected chi connectivity index (χ1v) is 13.0. The minimum atomic E-state index is -4.95. The van der Waals surface area contributed by atoms with Gasteiger partial charge in [0.2, 0.25) is 12.3 Å². The first-order chi connectivity index (χ1) is 20.0. The summed E-state index contributed by atoms with van der Waals surface area (Å²) < 4.78 is 107. The fourth-order valence-corrected chi connectivity index (χ4v) is 6.25. The van der Waals surface area contributed by atoms with Gasteiger partial charge in [0.15, 0.2) is 35.7 Å². The molecule has 0 amide bonds. The van der Waals surface area contributed by atoms with Crippen molar-refractivity contribution in [3.63, 3.8) is 0 Å². The number of aryl methyl sites for hydroxylation is 2. The third-order valence-electron chi connectivity index (χ3n) is 7.99. The molecule has 5 nitrogen and oxygen atoms in total. The van der Waals surface area contributed by atoms with Crippen molar-refractivity contribution in [2.24, 2.45) is 0 Å². The van der Waals surface area contributed by atoms with Crippen molar-refractivity contribution in [3.8, 4) is 23.0 Å². The number of nitrogens with zero attached hydrogens (tertiary/aromatic N) is 1. The van der Waals surface area contributed by atoms with Crippen molar-refractivity contribution < 1.29 is 66.8 Å². The first kappa shape index (κ1) is 29.2. The topological polar surface area (TPSA) is 40.8 Å². The second kappa shape index (κ2) is 10.1. The Bertz CT molecular complexity index is 1920. The molecular weight excluding hydrogens is 644 g/mol. The molecule has 2 aliphatic heterocycles. The van der Waals surface area contributed by atoms with Crippen LogP contribution in [0.15, 0.2) is 48.7 Å². The number of ether oxygens (including phenoxy) is 4. The zero-order valence-electron chi connectivity index (χ0n) is 22.7. The molecule has 0 bridgehead atoms. The number of rotatable bonds is 4. The number of halogens is 7. The molecule has 3 heterocycles. The van der Waals surface area contributed by atoms with Crippen LogP contribution in [-0.2, 0) is 31.7 Å². The summed E-state index contributed by atoms with van der Waals surface area (Å²) in [6.45, 7) is 0.596. The van der Waals surface area contributed by atoms with E-state index >= 15 is 0 Å². The monoisotopic (exact) mass is 665 g/mol. The van der Waals surface area contributed by atoms with Gasteiger partial charge >= 0.3 is 12.4 Å². The molecule has 5 aromatic rings. The highest BCUT2D eigenvalue weighted by Gasteiger charge is 2.37. The maximum absolute atomic E-state index is 13.7. The van der Waals surface area contributed by atoms with E-state index in [0.29, 0.717) is 46.9 Å².